The maximum atomic E-state index is 13.8. The van der Waals surface area contributed by atoms with Gasteiger partial charge in [-0.1, -0.05) is 30.3 Å². The molecule has 7 N–H and O–H groups in total. The number of alkyl halides is 3. The van der Waals surface area contributed by atoms with Crippen LogP contribution in [0.2, 0.25) is 0 Å². The van der Waals surface area contributed by atoms with Crippen LogP contribution in [0.5, 0.6) is 0 Å². The number of H-pyrrole nitrogens is 1. The maximum absolute atomic E-state index is 13.8. The number of nitrogens with zero attached hydrogens (tertiary/aromatic N) is 5. The van der Waals surface area contributed by atoms with E-state index in [2.05, 4.69) is 46.9 Å². The molecule has 65 heavy (non-hydrogen) atoms. The molecule has 1 aliphatic heterocycles. The lowest BCUT2D eigenvalue weighted by Gasteiger charge is -2.29. The smallest absolute Gasteiger partial charge is 0.475 e. The minimum absolute atomic E-state index is 0.194. The van der Waals surface area contributed by atoms with Crippen LogP contribution in [0.1, 0.15) is 74.6 Å². The second-order valence-electron chi connectivity index (χ2n) is 16.7. The quantitative estimate of drug-likeness (QED) is 0.0946. The SMILES string of the molecule is Cc1nc(C(=O)N[C@H]2CCN(C(=O)O)C2)ccc1-c1ccc(C[C@H](NC(=O)[C@H]2CC[C@H](CNC(=O)OC(C)(C)C)CC2)C(=O)Nc2ccc(-c3nn[nH]n3)cc2)cc1.O=C(O)C(F)(F)F. The van der Waals surface area contributed by atoms with E-state index < -0.39 is 36.0 Å². The van der Waals surface area contributed by atoms with Gasteiger partial charge >= 0.3 is 24.3 Å². The third kappa shape index (κ3) is 14.7. The van der Waals surface area contributed by atoms with Crippen molar-refractivity contribution in [2.45, 2.75) is 90.1 Å². The van der Waals surface area contributed by atoms with Gasteiger partial charge in [0.05, 0.1) is 0 Å². The lowest BCUT2D eigenvalue weighted by Crippen LogP contribution is -2.48. The highest BCUT2D eigenvalue weighted by Crippen LogP contribution is 2.29. The number of tetrazole rings is 1. The molecule has 2 atom stereocenters. The Morgan fingerprint density at radius 3 is 2.09 bits per heavy atom. The van der Waals surface area contributed by atoms with Crippen LogP contribution in [0, 0.1) is 18.8 Å². The summed E-state index contributed by atoms with van der Waals surface area (Å²) < 4.78 is 37.1. The molecule has 0 unspecified atom stereocenters. The van der Waals surface area contributed by atoms with Gasteiger partial charge in [-0.3, -0.25) is 14.4 Å². The number of rotatable bonds is 12. The predicted octanol–water partition coefficient (Wildman–Crippen LogP) is 5.35. The minimum Gasteiger partial charge on any atom is -0.475 e. The number of amides is 5. The third-order valence-electron chi connectivity index (χ3n) is 10.6. The van der Waals surface area contributed by atoms with Crippen LogP contribution in [-0.2, 0) is 25.5 Å². The van der Waals surface area contributed by atoms with Gasteiger partial charge in [-0.2, -0.15) is 18.4 Å². The first-order chi connectivity index (χ1) is 30.6. The summed E-state index contributed by atoms with van der Waals surface area (Å²) in [5, 5.41) is 42.0. The molecule has 2 aromatic heterocycles. The van der Waals surface area contributed by atoms with E-state index in [-0.39, 0.29) is 54.3 Å². The topological polar surface area (TPSA) is 271 Å². The van der Waals surface area contributed by atoms with Gasteiger partial charge in [0.2, 0.25) is 17.6 Å². The number of pyridine rings is 1. The molecule has 0 spiro atoms. The second-order valence-corrected chi connectivity index (χ2v) is 16.7. The van der Waals surface area contributed by atoms with Crippen molar-refractivity contribution in [2.24, 2.45) is 11.8 Å². The molecule has 2 fully saturated rings. The highest BCUT2D eigenvalue weighted by atomic mass is 19.4. The lowest BCUT2D eigenvalue weighted by molar-refractivity contribution is -0.192. The Balaban J connectivity index is 0.00000105. The summed E-state index contributed by atoms with van der Waals surface area (Å²) in [4.78, 5) is 78.5. The second kappa shape index (κ2) is 21.5. The number of carbonyl (C=O) groups excluding carboxylic acids is 4. The molecule has 22 heteroatoms. The fourth-order valence-electron chi connectivity index (χ4n) is 7.25. The van der Waals surface area contributed by atoms with Crippen LogP contribution >= 0.6 is 0 Å². The van der Waals surface area contributed by atoms with E-state index in [1.165, 1.54) is 4.90 Å². The van der Waals surface area contributed by atoms with Gasteiger partial charge in [-0.25, -0.2) is 19.4 Å². The number of aryl methyl sites for hydroxylation is 1. The normalized spacial score (nSPS) is 17.7. The number of alkyl carbamates (subject to hydrolysis) is 1. The molecule has 1 saturated heterocycles. The molecular weight excluding hydrogens is 858 g/mol. The fourth-order valence-corrected chi connectivity index (χ4v) is 7.25. The zero-order valence-corrected chi connectivity index (χ0v) is 36.1. The van der Waals surface area contributed by atoms with Crippen LogP contribution in [0.25, 0.3) is 22.5 Å². The molecule has 1 saturated carbocycles. The number of likely N-dealkylation sites (tertiary alicyclic amines) is 1. The van der Waals surface area contributed by atoms with Crippen molar-refractivity contribution in [1.29, 1.82) is 0 Å². The van der Waals surface area contributed by atoms with Gasteiger partial charge in [0, 0.05) is 60.5 Å². The number of carbonyl (C=O) groups is 6. The number of ether oxygens (including phenoxy) is 1. The first-order valence-corrected chi connectivity index (χ1v) is 20.7. The molecule has 1 aliphatic carbocycles. The predicted molar refractivity (Wildman–Crippen MR) is 227 cm³/mol. The van der Waals surface area contributed by atoms with Crippen molar-refractivity contribution >= 4 is 41.6 Å². The van der Waals surface area contributed by atoms with E-state index in [4.69, 9.17) is 14.6 Å². The highest BCUT2D eigenvalue weighted by Gasteiger charge is 2.38. The number of aromatic nitrogens is 5. The number of hydrogen-bond acceptors (Lipinski definition) is 11. The number of hydrogen-bond donors (Lipinski definition) is 7. The van der Waals surface area contributed by atoms with Crippen LogP contribution in [0.4, 0.5) is 28.4 Å². The van der Waals surface area contributed by atoms with Crippen molar-refractivity contribution in [2.75, 3.05) is 25.0 Å². The summed E-state index contributed by atoms with van der Waals surface area (Å²) in [6.45, 7) is 8.34. The number of nitrogens with one attached hydrogen (secondary N) is 5. The zero-order valence-electron chi connectivity index (χ0n) is 36.1. The number of carboxylic acid groups (broad SMARTS) is 2. The fraction of sp³-hybridized carbons (Fsp3) is 0.442. The first kappa shape index (κ1) is 48.9. The van der Waals surface area contributed by atoms with Gasteiger partial charge in [0.1, 0.15) is 17.3 Å². The van der Waals surface area contributed by atoms with E-state index in [0.29, 0.717) is 49.6 Å². The average Bonchev–Trinajstić information content (AvgIpc) is 3.96. The molecule has 2 aliphatic rings. The number of aromatic amines is 1. The largest absolute Gasteiger partial charge is 0.490 e. The Hall–Kier alpha value is -7.13. The van der Waals surface area contributed by atoms with Crippen LogP contribution in [-0.4, -0.2) is 120 Å². The summed E-state index contributed by atoms with van der Waals surface area (Å²) in [6.07, 6.45) is -3.01. The highest BCUT2D eigenvalue weighted by molar-refractivity contribution is 5.98. The number of anilines is 1. The zero-order chi connectivity index (χ0) is 47.5. The molecule has 4 aromatic rings. The molecule has 6 rings (SSSR count). The third-order valence-corrected chi connectivity index (χ3v) is 10.6. The van der Waals surface area contributed by atoms with Crippen molar-refractivity contribution < 1.29 is 56.9 Å². The molecule has 348 valence electrons. The minimum atomic E-state index is -5.08. The molecule has 3 heterocycles. The molecule has 0 bridgehead atoms. The standard InChI is InChI=1S/C41H50N10O7.C2HF3O2/c1-24-32(17-18-33(43-24)37(53)45-31-19-20-51(23-31)40(56)57)27-9-5-25(6-10-27)21-34(38(54)44-30-15-13-28(14-16-30)35-47-49-50-48-35)46-36(52)29-11-7-26(8-12-29)22-42-39(55)58-41(2,3)4;3-2(4,5)1(6)7/h5-6,9-10,13-18,26,29,31,34H,7-8,11-12,19-23H2,1-4H3,(H,42,55)(H,44,54)(H,45,53)(H,46,52)(H,56,57)(H,47,48,49,50);(H,6,7)/t26-,29-,31-,34-;/m0./s1. The van der Waals surface area contributed by atoms with Crippen molar-refractivity contribution in [1.82, 2.24) is 46.5 Å². The molecule has 2 aromatic carbocycles. The Morgan fingerprint density at radius 2 is 1.54 bits per heavy atom. The number of halogens is 3. The van der Waals surface area contributed by atoms with Crippen LogP contribution in [0.3, 0.4) is 0 Å². The van der Waals surface area contributed by atoms with E-state index in [1.54, 1.807) is 30.3 Å². The molecule has 5 amide bonds. The number of carboxylic acids is 1. The van der Waals surface area contributed by atoms with E-state index in [0.717, 1.165) is 35.1 Å². The summed E-state index contributed by atoms with van der Waals surface area (Å²) in [7, 11) is 0. The first-order valence-electron chi connectivity index (χ1n) is 20.7. The van der Waals surface area contributed by atoms with Gasteiger partial charge in [0.15, 0.2) is 0 Å². The molecular formula is C43H51F3N10O9. The number of aliphatic carboxylic acids is 1. The summed E-state index contributed by atoms with van der Waals surface area (Å²) >= 11 is 0. The van der Waals surface area contributed by atoms with Crippen LogP contribution < -0.4 is 21.3 Å². The summed E-state index contributed by atoms with van der Waals surface area (Å²) in [5.74, 6) is -3.32. The van der Waals surface area contributed by atoms with Gasteiger partial charge < -0.3 is 41.1 Å². The van der Waals surface area contributed by atoms with Gasteiger partial charge in [-0.15, -0.1) is 10.2 Å². The maximum Gasteiger partial charge on any atom is 0.490 e. The Bertz CT molecular complexity index is 2300. The van der Waals surface area contributed by atoms with Crippen molar-refractivity contribution in [3.05, 3.63) is 77.6 Å². The van der Waals surface area contributed by atoms with Gasteiger partial charge in [-0.05, 0) is 112 Å². The van der Waals surface area contributed by atoms with E-state index in [1.807, 2.05) is 58.0 Å². The van der Waals surface area contributed by atoms with Gasteiger partial charge in [0.25, 0.3) is 5.91 Å². The summed E-state index contributed by atoms with van der Waals surface area (Å²) in [6, 6.07) is 16.9. The Kier molecular flexibility index (Phi) is 16.2. The lowest BCUT2D eigenvalue weighted by atomic mass is 9.81. The number of benzene rings is 2. The van der Waals surface area contributed by atoms with E-state index >= 15 is 0 Å². The average molecular weight is 909 g/mol. The molecule has 0 radical (unpaired) electrons. The van der Waals surface area contributed by atoms with Crippen molar-refractivity contribution in [3.8, 4) is 22.5 Å². The Labute approximate surface area is 371 Å². The monoisotopic (exact) mass is 908 g/mol. The van der Waals surface area contributed by atoms with Crippen molar-refractivity contribution in [3.63, 3.8) is 0 Å². The van der Waals surface area contributed by atoms with Crippen LogP contribution in [0.15, 0.2) is 60.7 Å². The summed E-state index contributed by atoms with van der Waals surface area (Å²) in [5.41, 5.74) is 4.06. The molecule has 19 nitrogen and oxygen atoms in total. The Morgan fingerprint density at radius 1 is 0.892 bits per heavy atom. The van der Waals surface area contributed by atoms with E-state index in [9.17, 15) is 42.3 Å².